The van der Waals surface area contributed by atoms with E-state index in [1.165, 1.54) is 89.9 Å². The van der Waals surface area contributed by atoms with E-state index in [0.29, 0.717) is 6.04 Å². The van der Waals surface area contributed by atoms with Gasteiger partial charge in [0, 0.05) is 26.1 Å². The summed E-state index contributed by atoms with van der Waals surface area (Å²) >= 11 is 0. The molecule has 0 rings (SSSR count). The summed E-state index contributed by atoms with van der Waals surface area (Å²) in [5.74, 6) is 0. The van der Waals surface area contributed by atoms with Crippen molar-refractivity contribution in [2.75, 3.05) is 26.9 Å². The number of nitrogens with two attached hydrogens (primary N) is 1. The van der Waals surface area contributed by atoms with E-state index in [-0.39, 0.29) is 13.2 Å². The second-order valence-electron chi connectivity index (χ2n) is 8.32. The van der Waals surface area contributed by atoms with Crippen molar-refractivity contribution in [2.45, 2.75) is 116 Å². The standard InChI is InChI=1S/C23H47NO2.CH4O4S/c1-2-3-4-5-6-7-8-9-10-11-12-13-14-15-16-17-20-24-23(18-21-25)19-22-26;1-5-6(2,3)4/h9-10,23-26H,2-8,11-22H2,1H3;1H3,(H,2,3,4)/b10-9-;. The molecule has 0 saturated carbocycles. The Hall–Kier alpha value is -0.510. The zero-order chi connectivity index (χ0) is 24.3. The number of hydrogen-bond acceptors (Lipinski definition) is 6. The molecule has 4 N–H and O–H groups in total. The molecule has 0 spiro atoms. The summed E-state index contributed by atoms with van der Waals surface area (Å²) < 4.78 is 31.0. The van der Waals surface area contributed by atoms with Crippen LogP contribution < -0.4 is 5.32 Å². The van der Waals surface area contributed by atoms with Gasteiger partial charge in [0.05, 0.1) is 19.7 Å². The number of quaternary nitrogens is 1. The lowest BCUT2D eigenvalue weighted by Gasteiger charge is -2.13. The van der Waals surface area contributed by atoms with E-state index in [4.69, 9.17) is 10.2 Å². The second-order valence-corrected chi connectivity index (χ2v) is 9.47. The Kier molecular flexibility index (Phi) is 28.1. The molecule has 0 unspecified atom stereocenters. The van der Waals surface area contributed by atoms with Crippen molar-refractivity contribution in [1.82, 2.24) is 0 Å². The van der Waals surface area contributed by atoms with Gasteiger partial charge in [0.1, 0.15) is 0 Å². The average molecular weight is 482 g/mol. The minimum absolute atomic E-state index is 0.231. The van der Waals surface area contributed by atoms with Crippen molar-refractivity contribution < 1.29 is 32.7 Å². The minimum Gasteiger partial charge on any atom is -0.726 e. The highest BCUT2D eigenvalue weighted by Gasteiger charge is 2.09. The third-order valence-electron chi connectivity index (χ3n) is 5.42. The van der Waals surface area contributed by atoms with Crippen LogP contribution in [0.1, 0.15) is 110 Å². The van der Waals surface area contributed by atoms with Gasteiger partial charge >= 0.3 is 0 Å². The van der Waals surface area contributed by atoms with E-state index in [9.17, 15) is 13.0 Å². The molecule has 8 heteroatoms. The topological polar surface area (TPSA) is 124 Å². The van der Waals surface area contributed by atoms with Crippen LogP contribution in [-0.4, -0.2) is 56.1 Å². The van der Waals surface area contributed by atoms with Crippen LogP contribution in [0.4, 0.5) is 0 Å². The lowest BCUT2D eigenvalue weighted by atomic mass is 10.1. The van der Waals surface area contributed by atoms with Crippen molar-refractivity contribution in [3.8, 4) is 0 Å². The molecule has 0 fully saturated rings. The van der Waals surface area contributed by atoms with Gasteiger partial charge in [0.25, 0.3) is 0 Å². The van der Waals surface area contributed by atoms with Gasteiger partial charge in [-0.3, -0.25) is 4.18 Å². The molecular weight excluding hydrogens is 430 g/mol. The molecule has 0 radical (unpaired) electrons. The molecule has 0 aromatic heterocycles. The van der Waals surface area contributed by atoms with Crippen molar-refractivity contribution >= 4 is 10.4 Å². The Morgan fingerprint density at radius 1 is 0.812 bits per heavy atom. The molecule has 0 atom stereocenters. The van der Waals surface area contributed by atoms with Crippen LogP contribution in [0.2, 0.25) is 0 Å². The van der Waals surface area contributed by atoms with Crippen LogP contribution in [0.15, 0.2) is 12.2 Å². The molecule has 0 saturated heterocycles. The summed E-state index contributed by atoms with van der Waals surface area (Å²) in [4.78, 5) is 0. The molecular formula is C24H51NO6S. The minimum atomic E-state index is -4.41. The summed E-state index contributed by atoms with van der Waals surface area (Å²) in [6.07, 6.45) is 25.3. The van der Waals surface area contributed by atoms with E-state index in [1.807, 2.05) is 0 Å². The zero-order valence-corrected chi connectivity index (χ0v) is 21.5. The molecule has 0 amide bonds. The maximum absolute atomic E-state index is 9.22. The number of aliphatic hydroxyl groups is 2. The number of rotatable bonds is 22. The SMILES string of the molecule is CCCCCCCC/C=C\CCCCCCCC[NH2+]C(CCO)CCO.COS(=O)(=O)[O-]. The Bertz CT molecular complexity index is 479. The Labute approximate surface area is 198 Å². The average Bonchev–Trinajstić information content (AvgIpc) is 2.76. The predicted octanol–water partition coefficient (Wildman–Crippen LogP) is 3.81. The fraction of sp³-hybridized carbons (Fsp3) is 0.917. The van der Waals surface area contributed by atoms with Gasteiger partial charge in [-0.15, -0.1) is 0 Å². The number of unbranched alkanes of at least 4 members (excludes halogenated alkanes) is 12. The van der Waals surface area contributed by atoms with E-state index < -0.39 is 10.4 Å². The van der Waals surface area contributed by atoms with E-state index >= 15 is 0 Å². The predicted molar refractivity (Wildman–Crippen MR) is 130 cm³/mol. The van der Waals surface area contributed by atoms with E-state index in [0.717, 1.165) is 26.5 Å². The smallest absolute Gasteiger partial charge is 0.217 e. The largest absolute Gasteiger partial charge is 0.726 e. The Morgan fingerprint density at radius 3 is 1.62 bits per heavy atom. The van der Waals surface area contributed by atoms with Gasteiger partial charge in [0.2, 0.25) is 10.4 Å². The molecule has 32 heavy (non-hydrogen) atoms. The molecule has 7 nitrogen and oxygen atoms in total. The highest BCUT2D eigenvalue weighted by Crippen LogP contribution is 2.09. The van der Waals surface area contributed by atoms with Crippen LogP contribution >= 0.6 is 0 Å². The fourth-order valence-corrected chi connectivity index (χ4v) is 3.46. The lowest BCUT2D eigenvalue weighted by molar-refractivity contribution is -0.691. The van der Waals surface area contributed by atoms with Crippen molar-refractivity contribution in [3.63, 3.8) is 0 Å². The van der Waals surface area contributed by atoms with Crippen LogP contribution in [-0.2, 0) is 14.6 Å². The molecule has 0 aliphatic rings. The van der Waals surface area contributed by atoms with Crippen molar-refractivity contribution in [3.05, 3.63) is 12.2 Å². The number of allylic oxidation sites excluding steroid dienone is 2. The summed E-state index contributed by atoms with van der Waals surface area (Å²) in [5.41, 5.74) is 0. The third kappa shape index (κ3) is 31.7. The molecule has 194 valence electrons. The number of aliphatic hydroxyl groups excluding tert-OH is 2. The van der Waals surface area contributed by atoms with E-state index in [2.05, 4.69) is 28.6 Å². The van der Waals surface area contributed by atoms with Gasteiger partial charge in [-0.1, -0.05) is 70.4 Å². The normalized spacial score (nSPS) is 11.8. The summed E-state index contributed by atoms with van der Waals surface area (Å²) in [7, 11) is -3.60. The molecule has 0 aromatic carbocycles. The first kappa shape index (κ1) is 33.7. The highest BCUT2D eigenvalue weighted by molar-refractivity contribution is 7.80. The zero-order valence-electron chi connectivity index (χ0n) is 20.7. The number of hydrogen-bond donors (Lipinski definition) is 3. The van der Waals surface area contributed by atoms with Crippen LogP contribution in [0.3, 0.4) is 0 Å². The maximum atomic E-state index is 9.22. The molecule has 0 bridgehead atoms. The summed E-state index contributed by atoms with van der Waals surface area (Å²) in [5, 5.41) is 20.3. The third-order valence-corrected chi connectivity index (χ3v) is 5.83. The van der Waals surface area contributed by atoms with Crippen LogP contribution in [0, 0.1) is 0 Å². The summed E-state index contributed by atoms with van der Waals surface area (Å²) in [6, 6.07) is 0.396. The summed E-state index contributed by atoms with van der Waals surface area (Å²) in [6.45, 7) is 3.87. The van der Waals surface area contributed by atoms with Gasteiger partial charge in [0.15, 0.2) is 0 Å². The molecule has 0 aliphatic carbocycles. The van der Waals surface area contributed by atoms with Crippen molar-refractivity contribution in [1.29, 1.82) is 0 Å². The van der Waals surface area contributed by atoms with Gasteiger partial charge in [-0.05, 0) is 38.5 Å². The first-order valence-corrected chi connectivity index (χ1v) is 14.0. The maximum Gasteiger partial charge on any atom is 0.217 e. The van der Waals surface area contributed by atoms with Crippen LogP contribution in [0.5, 0.6) is 0 Å². The lowest BCUT2D eigenvalue weighted by Crippen LogP contribution is -2.90. The quantitative estimate of drug-likeness (QED) is 0.0935. The first-order chi connectivity index (χ1) is 15.4. The molecule has 0 aliphatic heterocycles. The monoisotopic (exact) mass is 481 g/mol. The fourth-order valence-electron chi connectivity index (χ4n) is 3.46. The van der Waals surface area contributed by atoms with Gasteiger partial charge in [-0.2, -0.15) is 0 Å². The Morgan fingerprint density at radius 2 is 1.22 bits per heavy atom. The van der Waals surface area contributed by atoms with Crippen molar-refractivity contribution in [2.24, 2.45) is 0 Å². The second kappa shape index (κ2) is 26.7. The molecule has 0 heterocycles. The molecule has 0 aromatic rings. The Balaban J connectivity index is 0. The van der Waals surface area contributed by atoms with Crippen LogP contribution in [0.25, 0.3) is 0 Å². The van der Waals surface area contributed by atoms with E-state index in [1.54, 1.807) is 0 Å². The highest BCUT2D eigenvalue weighted by atomic mass is 32.3. The van der Waals surface area contributed by atoms with Gasteiger partial charge < -0.3 is 20.1 Å². The van der Waals surface area contributed by atoms with Gasteiger partial charge in [-0.25, -0.2) is 8.42 Å². The first-order valence-electron chi connectivity index (χ1n) is 12.6.